The van der Waals surface area contributed by atoms with Crippen LogP contribution in [-0.2, 0) is 0 Å². The molecule has 0 atom stereocenters. The fraction of sp³-hybridized carbons (Fsp3) is 0.286. The van der Waals surface area contributed by atoms with Crippen LogP contribution in [0.25, 0.3) is 11.3 Å². The first-order chi connectivity index (χ1) is 9.01. The van der Waals surface area contributed by atoms with Crippen molar-refractivity contribution in [2.24, 2.45) is 0 Å². The zero-order valence-electron chi connectivity index (χ0n) is 11.1. The zero-order valence-corrected chi connectivity index (χ0v) is 12.6. The molecule has 1 aromatic heterocycles. The molecule has 0 saturated heterocycles. The average molecular weight is 296 g/mol. The summed E-state index contributed by atoms with van der Waals surface area (Å²) in [4.78, 5) is 9.14. The normalized spacial score (nSPS) is 10.6. The first-order valence-corrected chi connectivity index (χ1v) is 6.82. The lowest BCUT2D eigenvalue weighted by molar-refractivity contribution is 1.03. The summed E-state index contributed by atoms with van der Waals surface area (Å²) in [6.07, 6.45) is 0. The molecule has 2 aromatic rings. The summed E-state index contributed by atoms with van der Waals surface area (Å²) >= 11 is 12.1. The van der Waals surface area contributed by atoms with E-state index < -0.39 is 0 Å². The van der Waals surface area contributed by atoms with E-state index in [9.17, 15) is 0 Å². The predicted octanol–water partition coefficient (Wildman–Crippen LogP) is 4.50. The lowest BCUT2D eigenvalue weighted by Crippen LogP contribution is -2.06. The lowest BCUT2D eigenvalue weighted by Gasteiger charge is -2.12. The van der Waals surface area contributed by atoms with Crippen molar-refractivity contribution in [3.63, 3.8) is 0 Å². The lowest BCUT2D eigenvalue weighted by atomic mass is 10.1. The molecule has 2 rings (SSSR count). The Labute approximate surface area is 123 Å². The van der Waals surface area contributed by atoms with Crippen LogP contribution in [0.1, 0.15) is 18.3 Å². The Hall–Kier alpha value is -1.32. The molecule has 0 radical (unpaired) electrons. The van der Waals surface area contributed by atoms with Crippen molar-refractivity contribution in [3.8, 4) is 11.3 Å². The zero-order chi connectivity index (χ0) is 14.0. The summed E-state index contributed by atoms with van der Waals surface area (Å²) in [5.74, 6) is 0.754. The number of aromatic nitrogens is 2. The molecule has 0 bridgehead atoms. The largest absolute Gasteiger partial charge is 0.369 e. The van der Waals surface area contributed by atoms with Gasteiger partial charge in [0.05, 0.1) is 11.4 Å². The number of nitrogens with one attached hydrogen (secondary N) is 1. The summed E-state index contributed by atoms with van der Waals surface area (Å²) in [5.41, 5.74) is 3.44. The Bertz CT molecular complexity index is 592. The number of halogens is 2. The van der Waals surface area contributed by atoms with Crippen LogP contribution < -0.4 is 5.32 Å². The fourth-order valence-corrected chi connectivity index (χ4v) is 2.31. The third kappa shape index (κ3) is 3.17. The molecule has 100 valence electrons. The van der Waals surface area contributed by atoms with Gasteiger partial charge in [0.15, 0.2) is 5.82 Å². The van der Waals surface area contributed by atoms with Crippen molar-refractivity contribution in [1.29, 1.82) is 0 Å². The maximum Gasteiger partial charge on any atom is 0.152 e. The number of benzene rings is 1. The minimum atomic E-state index is 0.588. The maximum absolute atomic E-state index is 6.05. The third-order valence-corrected chi connectivity index (χ3v) is 3.22. The van der Waals surface area contributed by atoms with E-state index in [0.717, 1.165) is 35.0 Å². The van der Waals surface area contributed by atoms with Gasteiger partial charge in [-0.25, -0.2) is 9.97 Å². The highest BCUT2D eigenvalue weighted by Gasteiger charge is 2.12. The smallest absolute Gasteiger partial charge is 0.152 e. The first-order valence-electron chi connectivity index (χ1n) is 6.07. The summed E-state index contributed by atoms with van der Waals surface area (Å²) < 4.78 is 0. The third-order valence-electron chi connectivity index (χ3n) is 2.79. The van der Waals surface area contributed by atoms with Gasteiger partial charge in [0.1, 0.15) is 5.69 Å². The van der Waals surface area contributed by atoms with E-state index in [2.05, 4.69) is 15.3 Å². The summed E-state index contributed by atoms with van der Waals surface area (Å²) in [5, 5.41) is 4.40. The molecule has 1 N–H and O–H groups in total. The van der Waals surface area contributed by atoms with Gasteiger partial charge in [-0.2, -0.15) is 0 Å². The number of rotatable bonds is 3. The molecule has 3 nitrogen and oxygen atoms in total. The first kappa shape index (κ1) is 14.1. The van der Waals surface area contributed by atoms with Gasteiger partial charge in [-0.15, -0.1) is 0 Å². The molecule has 19 heavy (non-hydrogen) atoms. The number of hydrogen-bond acceptors (Lipinski definition) is 3. The van der Waals surface area contributed by atoms with E-state index in [1.807, 2.05) is 32.9 Å². The molecule has 0 saturated carbocycles. The van der Waals surface area contributed by atoms with Gasteiger partial charge in [-0.05, 0) is 39.0 Å². The van der Waals surface area contributed by atoms with Crippen molar-refractivity contribution >= 4 is 29.0 Å². The van der Waals surface area contributed by atoms with Crippen LogP contribution >= 0.6 is 23.2 Å². The van der Waals surface area contributed by atoms with Crippen molar-refractivity contribution < 1.29 is 0 Å². The summed E-state index contributed by atoms with van der Waals surface area (Å²) in [6.45, 7) is 6.68. The molecule has 0 unspecified atom stereocenters. The minimum absolute atomic E-state index is 0.588. The van der Waals surface area contributed by atoms with Crippen LogP contribution in [0.4, 0.5) is 5.82 Å². The highest BCUT2D eigenvalue weighted by atomic mass is 35.5. The van der Waals surface area contributed by atoms with E-state index in [1.165, 1.54) is 0 Å². The van der Waals surface area contributed by atoms with Gasteiger partial charge >= 0.3 is 0 Å². The molecule has 1 heterocycles. The van der Waals surface area contributed by atoms with Crippen LogP contribution in [0, 0.1) is 13.8 Å². The number of nitrogens with zero attached hydrogens (tertiary/aromatic N) is 2. The van der Waals surface area contributed by atoms with Gasteiger partial charge in [-0.3, -0.25) is 0 Å². The highest BCUT2D eigenvalue weighted by Crippen LogP contribution is 2.30. The summed E-state index contributed by atoms with van der Waals surface area (Å²) in [6, 6.07) is 5.38. The fourth-order valence-electron chi connectivity index (χ4n) is 1.79. The van der Waals surface area contributed by atoms with Crippen LogP contribution in [0.5, 0.6) is 0 Å². The van der Waals surface area contributed by atoms with E-state index in [1.54, 1.807) is 6.07 Å². The van der Waals surface area contributed by atoms with Gasteiger partial charge in [0, 0.05) is 22.2 Å². The molecule has 0 amide bonds. The van der Waals surface area contributed by atoms with Gasteiger partial charge in [0.2, 0.25) is 0 Å². The molecule has 0 aliphatic carbocycles. The molecule has 1 aromatic carbocycles. The monoisotopic (exact) mass is 295 g/mol. The van der Waals surface area contributed by atoms with E-state index in [-0.39, 0.29) is 0 Å². The Kier molecular flexibility index (Phi) is 4.27. The standard InChI is InChI=1S/C14H15Cl2N3/c1-4-17-14-13(18-8(2)9(3)19-14)10-5-11(15)7-12(16)6-10/h5-7H,4H2,1-3H3,(H,17,19). The number of aryl methyl sites for hydroxylation is 2. The van der Waals surface area contributed by atoms with Gasteiger partial charge < -0.3 is 5.32 Å². The van der Waals surface area contributed by atoms with Crippen LogP contribution in [0.15, 0.2) is 18.2 Å². The van der Waals surface area contributed by atoms with E-state index in [4.69, 9.17) is 23.2 Å². The SMILES string of the molecule is CCNc1nc(C)c(C)nc1-c1cc(Cl)cc(Cl)c1. The van der Waals surface area contributed by atoms with Crippen molar-refractivity contribution in [2.75, 3.05) is 11.9 Å². The second kappa shape index (κ2) is 5.76. The van der Waals surface area contributed by atoms with Crippen LogP contribution in [0.3, 0.4) is 0 Å². The Morgan fingerprint density at radius 3 is 2.16 bits per heavy atom. The van der Waals surface area contributed by atoms with Gasteiger partial charge in [-0.1, -0.05) is 23.2 Å². The minimum Gasteiger partial charge on any atom is -0.369 e. The second-order valence-electron chi connectivity index (χ2n) is 4.28. The van der Waals surface area contributed by atoms with Crippen LogP contribution in [0.2, 0.25) is 10.0 Å². The topological polar surface area (TPSA) is 37.8 Å². The maximum atomic E-state index is 6.05. The molecule has 0 spiro atoms. The van der Waals surface area contributed by atoms with E-state index in [0.29, 0.717) is 10.0 Å². The molecule has 0 fully saturated rings. The van der Waals surface area contributed by atoms with E-state index >= 15 is 0 Å². The quantitative estimate of drug-likeness (QED) is 0.906. The van der Waals surface area contributed by atoms with Crippen molar-refractivity contribution in [2.45, 2.75) is 20.8 Å². The molecular formula is C14H15Cl2N3. The Morgan fingerprint density at radius 2 is 1.58 bits per heavy atom. The van der Waals surface area contributed by atoms with Crippen molar-refractivity contribution in [1.82, 2.24) is 9.97 Å². The summed E-state index contributed by atoms with van der Waals surface area (Å²) in [7, 11) is 0. The van der Waals surface area contributed by atoms with Crippen LogP contribution in [-0.4, -0.2) is 16.5 Å². The Balaban J connectivity index is 2.62. The molecular weight excluding hydrogens is 281 g/mol. The van der Waals surface area contributed by atoms with Crippen molar-refractivity contribution in [3.05, 3.63) is 39.6 Å². The predicted molar refractivity (Wildman–Crippen MR) is 81.1 cm³/mol. The second-order valence-corrected chi connectivity index (χ2v) is 5.15. The number of anilines is 1. The molecule has 5 heteroatoms. The van der Waals surface area contributed by atoms with Gasteiger partial charge in [0.25, 0.3) is 0 Å². The molecule has 0 aliphatic rings. The number of hydrogen-bond donors (Lipinski definition) is 1. The Morgan fingerprint density at radius 1 is 1.00 bits per heavy atom. The highest BCUT2D eigenvalue weighted by molar-refractivity contribution is 6.35. The molecule has 0 aliphatic heterocycles. The average Bonchev–Trinajstić information content (AvgIpc) is 2.32.